The van der Waals surface area contributed by atoms with Gasteiger partial charge in [0.2, 0.25) is 5.91 Å². The molecule has 6 heteroatoms. The SMILES string of the molecule is CCNc1cc(C)ncc1C(=O)NCCNC(C)=O. The van der Waals surface area contributed by atoms with Gasteiger partial charge in [0.1, 0.15) is 0 Å². The van der Waals surface area contributed by atoms with Gasteiger partial charge >= 0.3 is 0 Å². The van der Waals surface area contributed by atoms with Crippen molar-refractivity contribution in [3.8, 4) is 0 Å². The standard InChI is InChI=1S/C13H20N4O2/c1-4-14-12-7-9(2)17-8-11(12)13(19)16-6-5-15-10(3)18/h7-8H,4-6H2,1-3H3,(H,14,17)(H,15,18)(H,16,19). The Hall–Kier alpha value is -2.11. The third kappa shape index (κ3) is 4.95. The first kappa shape index (κ1) is 14.9. The molecular formula is C13H20N4O2. The Morgan fingerprint density at radius 1 is 1.26 bits per heavy atom. The number of hydrogen-bond acceptors (Lipinski definition) is 4. The van der Waals surface area contributed by atoms with Gasteiger partial charge in [0.05, 0.1) is 11.3 Å². The number of amides is 2. The third-order valence-corrected chi connectivity index (χ3v) is 2.44. The van der Waals surface area contributed by atoms with E-state index in [-0.39, 0.29) is 11.8 Å². The normalized spacial score (nSPS) is 9.84. The maximum Gasteiger partial charge on any atom is 0.255 e. The van der Waals surface area contributed by atoms with Crippen molar-refractivity contribution in [1.82, 2.24) is 15.6 Å². The van der Waals surface area contributed by atoms with Gasteiger partial charge in [0, 0.05) is 38.4 Å². The second kappa shape index (κ2) is 7.35. The number of nitrogens with zero attached hydrogens (tertiary/aromatic N) is 1. The number of carbonyl (C=O) groups is 2. The van der Waals surface area contributed by atoms with E-state index in [0.717, 1.165) is 17.9 Å². The molecule has 2 amide bonds. The van der Waals surface area contributed by atoms with Crippen LogP contribution < -0.4 is 16.0 Å². The van der Waals surface area contributed by atoms with Crippen LogP contribution in [-0.2, 0) is 4.79 Å². The lowest BCUT2D eigenvalue weighted by Crippen LogP contribution is -2.34. The first-order valence-electron chi connectivity index (χ1n) is 6.27. The largest absolute Gasteiger partial charge is 0.385 e. The minimum atomic E-state index is -0.200. The molecule has 0 unspecified atom stereocenters. The Kier molecular flexibility index (Phi) is 5.78. The number of pyridine rings is 1. The van der Waals surface area contributed by atoms with Crippen LogP contribution in [0.5, 0.6) is 0 Å². The summed E-state index contributed by atoms with van der Waals surface area (Å²) in [6.07, 6.45) is 1.56. The van der Waals surface area contributed by atoms with Crippen molar-refractivity contribution in [1.29, 1.82) is 0 Å². The molecule has 0 atom stereocenters. The first-order chi connectivity index (χ1) is 9.04. The van der Waals surface area contributed by atoms with Crippen molar-refractivity contribution >= 4 is 17.5 Å². The highest BCUT2D eigenvalue weighted by molar-refractivity contribution is 5.99. The monoisotopic (exact) mass is 264 g/mol. The second-order valence-electron chi connectivity index (χ2n) is 4.14. The number of aromatic nitrogens is 1. The molecule has 1 rings (SSSR count). The summed E-state index contributed by atoms with van der Waals surface area (Å²) in [5.74, 6) is -0.312. The molecule has 104 valence electrons. The van der Waals surface area contributed by atoms with Crippen LogP contribution >= 0.6 is 0 Å². The van der Waals surface area contributed by atoms with Crippen molar-refractivity contribution in [3.63, 3.8) is 0 Å². The lowest BCUT2D eigenvalue weighted by atomic mass is 10.2. The molecule has 0 fully saturated rings. The summed E-state index contributed by atoms with van der Waals surface area (Å²) in [5, 5.41) is 8.49. The smallest absolute Gasteiger partial charge is 0.255 e. The molecular weight excluding hydrogens is 244 g/mol. The molecule has 1 aromatic heterocycles. The maximum absolute atomic E-state index is 12.0. The highest BCUT2D eigenvalue weighted by Crippen LogP contribution is 2.15. The maximum atomic E-state index is 12.0. The molecule has 0 spiro atoms. The molecule has 0 bridgehead atoms. The lowest BCUT2D eigenvalue weighted by Gasteiger charge is -2.11. The predicted molar refractivity (Wildman–Crippen MR) is 74.2 cm³/mol. The van der Waals surface area contributed by atoms with Gasteiger partial charge in [0.25, 0.3) is 5.91 Å². The topological polar surface area (TPSA) is 83.1 Å². The number of carbonyl (C=O) groups excluding carboxylic acids is 2. The van der Waals surface area contributed by atoms with Crippen LogP contribution in [0.4, 0.5) is 5.69 Å². The van der Waals surface area contributed by atoms with Gasteiger partial charge in [-0.15, -0.1) is 0 Å². The van der Waals surface area contributed by atoms with E-state index < -0.39 is 0 Å². The summed E-state index contributed by atoms with van der Waals surface area (Å²) in [6, 6.07) is 1.84. The molecule has 0 saturated heterocycles. The minimum absolute atomic E-state index is 0.111. The van der Waals surface area contributed by atoms with Gasteiger partial charge in [-0.3, -0.25) is 14.6 Å². The van der Waals surface area contributed by atoms with E-state index in [4.69, 9.17) is 0 Å². The van der Waals surface area contributed by atoms with Crippen molar-refractivity contribution < 1.29 is 9.59 Å². The summed E-state index contributed by atoms with van der Waals surface area (Å²) in [7, 11) is 0. The number of hydrogen-bond donors (Lipinski definition) is 3. The molecule has 0 saturated carbocycles. The van der Waals surface area contributed by atoms with Gasteiger partial charge < -0.3 is 16.0 Å². The van der Waals surface area contributed by atoms with E-state index >= 15 is 0 Å². The van der Waals surface area contributed by atoms with Gasteiger partial charge in [-0.2, -0.15) is 0 Å². The van der Waals surface area contributed by atoms with Crippen LogP contribution in [0, 0.1) is 6.92 Å². The molecule has 0 aliphatic rings. The number of nitrogens with one attached hydrogen (secondary N) is 3. The van der Waals surface area contributed by atoms with E-state index in [2.05, 4.69) is 20.9 Å². The summed E-state index contributed by atoms with van der Waals surface area (Å²) < 4.78 is 0. The average Bonchev–Trinajstić information content (AvgIpc) is 2.35. The Bertz CT molecular complexity index is 460. The molecule has 0 radical (unpaired) electrons. The van der Waals surface area contributed by atoms with Crippen molar-refractivity contribution in [2.24, 2.45) is 0 Å². The van der Waals surface area contributed by atoms with Gasteiger partial charge in [-0.05, 0) is 19.9 Å². The summed E-state index contributed by atoms with van der Waals surface area (Å²) in [5.41, 5.74) is 2.13. The molecule has 0 aliphatic carbocycles. The first-order valence-corrected chi connectivity index (χ1v) is 6.27. The lowest BCUT2D eigenvalue weighted by molar-refractivity contribution is -0.118. The summed E-state index contributed by atoms with van der Waals surface area (Å²) in [6.45, 7) is 6.81. The zero-order valence-corrected chi connectivity index (χ0v) is 11.5. The summed E-state index contributed by atoms with van der Waals surface area (Å²) in [4.78, 5) is 26.8. The zero-order chi connectivity index (χ0) is 14.3. The zero-order valence-electron chi connectivity index (χ0n) is 11.5. The highest BCUT2D eigenvalue weighted by atomic mass is 16.2. The van der Waals surface area contributed by atoms with Crippen molar-refractivity contribution in [3.05, 3.63) is 23.5 Å². The van der Waals surface area contributed by atoms with Gasteiger partial charge in [-0.25, -0.2) is 0 Å². The summed E-state index contributed by atoms with van der Waals surface area (Å²) >= 11 is 0. The van der Waals surface area contributed by atoms with Crippen LogP contribution in [0.1, 0.15) is 29.9 Å². The van der Waals surface area contributed by atoms with Crippen LogP contribution in [0.2, 0.25) is 0 Å². The number of aryl methyl sites for hydroxylation is 1. The molecule has 1 aromatic rings. The third-order valence-electron chi connectivity index (χ3n) is 2.44. The minimum Gasteiger partial charge on any atom is -0.385 e. The van der Waals surface area contributed by atoms with Gasteiger partial charge in [-0.1, -0.05) is 0 Å². The fourth-order valence-electron chi connectivity index (χ4n) is 1.59. The van der Waals surface area contributed by atoms with Crippen molar-refractivity contribution in [2.45, 2.75) is 20.8 Å². The Balaban J connectivity index is 2.63. The molecule has 0 aromatic carbocycles. The van der Waals surface area contributed by atoms with Crippen LogP contribution in [0.3, 0.4) is 0 Å². The molecule has 0 aliphatic heterocycles. The van der Waals surface area contributed by atoms with Crippen molar-refractivity contribution in [2.75, 3.05) is 25.0 Å². The Morgan fingerprint density at radius 3 is 2.58 bits per heavy atom. The van der Waals surface area contributed by atoms with Crippen LogP contribution in [0.15, 0.2) is 12.3 Å². The fourth-order valence-corrected chi connectivity index (χ4v) is 1.59. The van der Waals surface area contributed by atoms with Crippen LogP contribution in [-0.4, -0.2) is 36.4 Å². The molecule has 19 heavy (non-hydrogen) atoms. The quantitative estimate of drug-likeness (QED) is 0.660. The Labute approximate surface area is 113 Å². The van der Waals surface area contributed by atoms with E-state index in [0.29, 0.717) is 18.7 Å². The predicted octanol–water partition coefficient (Wildman–Crippen LogP) is 0.688. The van der Waals surface area contributed by atoms with E-state index in [1.54, 1.807) is 6.20 Å². The molecule has 6 nitrogen and oxygen atoms in total. The van der Waals surface area contributed by atoms with Crippen LogP contribution in [0.25, 0.3) is 0 Å². The molecule has 1 heterocycles. The Morgan fingerprint density at radius 2 is 1.95 bits per heavy atom. The molecule has 3 N–H and O–H groups in total. The second-order valence-corrected chi connectivity index (χ2v) is 4.14. The average molecular weight is 264 g/mol. The van der Waals surface area contributed by atoms with E-state index in [1.807, 2.05) is 19.9 Å². The van der Waals surface area contributed by atoms with Gasteiger partial charge in [0.15, 0.2) is 0 Å². The fraction of sp³-hybridized carbons (Fsp3) is 0.462. The van der Waals surface area contributed by atoms with E-state index in [9.17, 15) is 9.59 Å². The number of anilines is 1. The van der Waals surface area contributed by atoms with E-state index in [1.165, 1.54) is 6.92 Å². The highest BCUT2D eigenvalue weighted by Gasteiger charge is 2.11. The number of rotatable bonds is 6.